The second kappa shape index (κ2) is 8.61. The van der Waals surface area contributed by atoms with Crippen molar-refractivity contribution in [1.29, 1.82) is 0 Å². The molecule has 5 heteroatoms. The van der Waals surface area contributed by atoms with Crippen molar-refractivity contribution in [2.24, 2.45) is 5.41 Å². The van der Waals surface area contributed by atoms with Crippen LogP contribution >= 0.6 is 12.4 Å². The summed E-state index contributed by atoms with van der Waals surface area (Å²) in [6, 6.07) is 17.4. The molecule has 2 aromatic carbocycles. The summed E-state index contributed by atoms with van der Waals surface area (Å²) in [5, 5.41) is 3.99. The highest BCUT2D eigenvalue weighted by atomic mass is 35.5. The lowest BCUT2D eigenvalue weighted by Crippen LogP contribution is -2.41. The number of hydrogen-bond donors (Lipinski definition) is 1. The van der Waals surface area contributed by atoms with E-state index < -0.39 is 0 Å². The zero-order valence-corrected chi connectivity index (χ0v) is 17.8. The van der Waals surface area contributed by atoms with Gasteiger partial charge >= 0.3 is 0 Å². The number of aromatic nitrogens is 1. The molecule has 28 heavy (non-hydrogen) atoms. The second-order valence-electron chi connectivity index (χ2n) is 7.87. The normalized spacial score (nSPS) is 12.2. The van der Waals surface area contributed by atoms with Crippen LogP contribution in [0, 0.1) is 5.41 Å². The predicted molar refractivity (Wildman–Crippen MR) is 117 cm³/mol. The lowest BCUT2D eigenvalue weighted by molar-refractivity contribution is 0.0912. The zero-order chi connectivity index (χ0) is 19.6. The third-order valence-electron chi connectivity index (χ3n) is 4.97. The van der Waals surface area contributed by atoms with Gasteiger partial charge in [-0.15, -0.1) is 12.4 Å². The van der Waals surface area contributed by atoms with Crippen LogP contribution in [0.25, 0.3) is 22.2 Å². The van der Waals surface area contributed by atoms with Crippen LogP contribution in [0.15, 0.2) is 54.6 Å². The molecule has 0 aliphatic heterocycles. The number of nitrogens with one attached hydrogen (secondary N) is 1. The monoisotopic (exact) mass is 398 g/mol. The van der Waals surface area contributed by atoms with Crippen molar-refractivity contribution in [3.63, 3.8) is 0 Å². The van der Waals surface area contributed by atoms with Gasteiger partial charge in [-0.05, 0) is 36.6 Å². The van der Waals surface area contributed by atoms with Crippen LogP contribution in [-0.2, 0) is 0 Å². The van der Waals surface area contributed by atoms with Gasteiger partial charge in [-0.2, -0.15) is 0 Å². The molecule has 0 fully saturated rings. The molecule has 0 aliphatic rings. The van der Waals surface area contributed by atoms with Crippen LogP contribution in [0.2, 0.25) is 0 Å². The lowest BCUT2D eigenvalue weighted by Gasteiger charge is -2.28. The maximum atomic E-state index is 13.1. The van der Waals surface area contributed by atoms with E-state index >= 15 is 0 Å². The largest absolute Gasteiger partial charge is 0.497 e. The van der Waals surface area contributed by atoms with Gasteiger partial charge < -0.3 is 10.1 Å². The Labute approximate surface area is 172 Å². The number of ether oxygens (including phenoxy) is 1. The van der Waals surface area contributed by atoms with E-state index in [-0.39, 0.29) is 29.8 Å². The Kier molecular flexibility index (Phi) is 6.68. The molecule has 1 atom stereocenters. The molecule has 1 heterocycles. The van der Waals surface area contributed by atoms with Crippen molar-refractivity contribution in [2.75, 3.05) is 7.11 Å². The van der Waals surface area contributed by atoms with Crippen LogP contribution in [0.3, 0.4) is 0 Å². The fourth-order valence-corrected chi connectivity index (χ4v) is 2.78. The summed E-state index contributed by atoms with van der Waals surface area (Å²) >= 11 is 0. The number of benzene rings is 2. The molecule has 1 unspecified atom stereocenters. The molecule has 0 spiro atoms. The summed E-state index contributed by atoms with van der Waals surface area (Å²) in [6.45, 7) is 8.38. The zero-order valence-electron chi connectivity index (χ0n) is 16.9. The maximum absolute atomic E-state index is 13.1. The topological polar surface area (TPSA) is 51.2 Å². The van der Waals surface area contributed by atoms with E-state index in [2.05, 4.69) is 26.1 Å². The van der Waals surface area contributed by atoms with Crippen molar-refractivity contribution in [3.8, 4) is 17.0 Å². The average Bonchev–Trinajstić information content (AvgIpc) is 2.66. The molecule has 0 saturated carbocycles. The summed E-state index contributed by atoms with van der Waals surface area (Å²) in [6.07, 6.45) is 0. The molecular weight excluding hydrogens is 372 g/mol. The molecule has 1 amide bonds. The minimum Gasteiger partial charge on any atom is -0.497 e. The van der Waals surface area contributed by atoms with E-state index in [4.69, 9.17) is 9.72 Å². The Morgan fingerprint density at radius 2 is 1.79 bits per heavy atom. The van der Waals surface area contributed by atoms with Crippen LogP contribution in [0.5, 0.6) is 5.75 Å². The van der Waals surface area contributed by atoms with E-state index in [1.807, 2.05) is 61.5 Å². The first-order valence-electron chi connectivity index (χ1n) is 9.14. The number of nitrogens with zero attached hydrogens (tertiary/aromatic N) is 1. The van der Waals surface area contributed by atoms with Gasteiger partial charge in [-0.1, -0.05) is 51.1 Å². The maximum Gasteiger partial charge on any atom is 0.252 e. The Bertz CT molecular complexity index is 980. The van der Waals surface area contributed by atoms with Gasteiger partial charge in [0.25, 0.3) is 5.91 Å². The summed E-state index contributed by atoms with van der Waals surface area (Å²) in [4.78, 5) is 17.8. The van der Waals surface area contributed by atoms with E-state index in [0.29, 0.717) is 5.56 Å². The Morgan fingerprint density at radius 3 is 2.46 bits per heavy atom. The van der Waals surface area contributed by atoms with Gasteiger partial charge in [0.2, 0.25) is 0 Å². The second-order valence-corrected chi connectivity index (χ2v) is 7.87. The SMILES string of the molecule is COc1cccc(-c2cc(C(=O)NC(C)C(C)(C)C)c3ccccc3n2)c1.Cl. The number of fused-ring (bicyclic) bond motifs is 1. The van der Waals surface area contributed by atoms with Gasteiger partial charge in [0.1, 0.15) is 5.75 Å². The van der Waals surface area contributed by atoms with Crippen LogP contribution < -0.4 is 10.1 Å². The van der Waals surface area contributed by atoms with Crippen molar-refractivity contribution in [3.05, 3.63) is 60.2 Å². The Hall–Kier alpha value is -2.59. The first kappa shape index (κ1) is 21.7. The fraction of sp³-hybridized carbons (Fsp3) is 0.304. The Balaban J connectivity index is 0.00000280. The lowest BCUT2D eigenvalue weighted by atomic mass is 9.88. The van der Waals surface area contributed by atoms with E-state index in [1.165, 1.54) is 0 Å². The van der Waals surface area contributed by atoms with Gasteiger partial charge in [0.05, 0.1) is 23.9 Å². The number of amides is 1. The number of para-hydroxylation sites is 1. The minimum absolute atomic E-state index is 0. The number of hydrogen-bond acceptors (Lipinski definition) is 3. The molecule has 3 rings (SSSR count). The van der Waals surface area contributed by atoms with Crippen LogP contribution in [0.1, 0.15) is 38.1 Å². The van der Waals surface area contributed by atoms with Crippen LogP contribution in [0.4, 0.5) is 0 Å². The molecule has 1 aromatic heterocycles. The van der Waals surface area contributed by atoms with Crippen molar-refractivity contribution >= 4 is 29.2 Å². The van der Waals surface area contributed by atoms with E-state index in [9.17, 15) is 4.79 Å². The molecule has 0 bridgehead atoms. The summed E-state index contributed by atoms with van der Waals surface area (Å²) in [7, 11) is 1.64. The minimum atomic E-state index is -0.0832. The average molecular weight is 399 g/mol. The first-order chi connectivity index (χ1) is 12.8. The predicted octanol–water partition coefficient (Wildman–Crippen LogP) is 5.50. The number of methoxy groups -OCH3 is 1. The van der Waals surface area contributed by atoms with E-state index in [0.717, 1.165) is 27.9 Å². The number of carbonyl (C=O) groups excluding carboxylic acids is 1. The molecule has 4 nitrogen and oxygen atoms in total. The van der Waals surface area contributed by atoms with Gasteiger partial charge in [0.15, 0.2) is 0 Å². The third-order valence-corrected chi connectivity index (χ3v) is 4.97. The Morgan fingerprint density at radius 1 is 1.07 bits per heavy atom. The number of carbonyl (C=O) groups is 1. The number of pyridine rings is 1. The summed E-state index contributed by atoms with van der Waals surface area (Å²) in [5.74, 6) is 0.676. The number of halogens is 1. The quantitative estimate of drug-likeness (QED) is 0.631. The van der Waals surface area contributed by atoms with Gasteiger partial charge in [0, 0.05) is 17.0 Å². The van der Waals surface area contributed by atoms with Crippen molar-refractivity contribution in [2.45, 2.75) is 33.7 Å². The molecule has 148 valence electrons. The highest BCUT2D eigenvalue weighted by Crippen LogP contribution is 2.28. The summed E-state index contributed by atoms with van der Waals surface area (Å²) in [5.41, 5.74) is 3.08. The smallest absolute Gasteiger partial charge is 0.252 e. The molecule has 1 N–H and O–H groups in total. The molecular formula is C23H27ClN2O2. The van der Waals surface area contributed by atoms with Crippen molar-refractivity contribution < 1.29 is 9.53 Å². The first-order valence-corrected chi connectivity index (χ1v) is 9.14. The third kappa shape index (κ3) is 4.63. The number of rotatable bonds is 4. The van der Waals surface area contributed by atoms with Gasteiger partial charge in [-0.25, -0.2) is 4.98 Å². The van der Waals surface area contributed by atoms with Crippen LogP contribution in [-0.4, -0.2) is 24.0 Å². The van der Waals surface area contributed by atoms with E-state index in [1.54, 1.807) is 7.11 Å². The standard InChI is InChI=1S/C23H26N2O2.ClH/c1-15(23(2,3)4)24-22(26)19-14-21(16-9-8-10-17(13-16)27-5)25-20-12-7-6-11-18(19)20;/h6-15H,1-5H3,(H,24,26);1H. The molecule has 3 aromatic rings. The highest BCUT2D eigenvalue weighted by Gasteiger charge is 2.23. The fourth-order valence-electron chi connectivity index (χ4n) is 2.78. The summed E-state index contributed by atoms with van der Waals surface area (Å²) < 4.78 is 5.32. The highest BCUT2D eigenvalue weighted by molar-refractivity contribution is 6.07. The molecule has 0 aliphatic carbocycles. The van der Waals surface area contributed by atoms with Crippen molar-refractivity contribution in [1.82, 2.24) is 10.3 Å². The van der Waals surface area contributed by atoms with Gasteiger partial charge in [-0.3, -0.25) is 4.79 Å². The molecule has 0 saturated heterocycles. The molecule has 0 radical (unpaired) electrons.